The lowest BCUT2D eigenvalue weighted by atomic mass is 10.1. The number of hydrogen-bond donors (Lipinski definition) is 2. The molecule has 0 atom stereocenters. The lowest BCUT2D eigenvalue weighted by molar-refractivity contribution is -0.143. The van der Waals surface area contributed by atoms with Crippen molar-refractivity contribution in [2.45, 2.75) is 12.8 Å². The third-order valence-corrected chi connectivity index (χ3v) is 3.97. The maximum absolute atomic E-state index is 12.0. The van der Waals surface area contributed by atoms with E-state index in [1.54, 1.807) is 18.2 Å². The van der Waals surface area contributed by atoms with Crippen molar-refractivity contribution in [3.05, 3.63) is 23.8 Å². The molecule has 1 saturated carbocycles. The van der Waals surface area contributed by atoms with E-state index in [-0.39, 0.29) is 12.5 Å². The first kappa shape index (κ1) is 12.0. The SMILES string of the molecule is O=C(NCC1(C(=O)O)CC1)c1ccc2c(c1)N=S=N2. The van der Waals surface area contributed by atoms with Crippen LogP contribution in [0.1, 0.15) is 23.2 Å². The summed E-state index contributed by atoms with van der Waals surface area (Å²) in [6.45, 7) is 0.175. The quantitative estimate of drug-likeness (QED) is 0.895. The first-order chi connectivity index (χ1) is 9.11. The van der Waals surface area contributed by atoms with E-state index in [1.807, 2.05) is 0 Å². The molecule has 0 radical (unpaired) electrons. The van der Waals surface area contributed by atoms with Gasteiger partial charge < -0.3 is 10.4 Å². The Morgan fingerprint density at radius 3 is 2.74 bits per heavy atom. The zero-order chi connectivity index (χ0) is 13.5. The Hall–Kier alpha value is -2.02. The Morgan fingerprint density at radius 2 is 2.05 bits per heavy atom. The zero-order valence-corrected chi connectivity index (χ0v) is 10.7. The van der Waals surface area contributed by atoms with Crippen LogP contribution >= 0.6 is 0 Å². The van der Waals surface area contributed by atoms with Gasteiger partial charge in [0.2, 0.25) is 0 Å². The second kappa shape index (κ2) is 4.27. The first-order valence-corrected chi connectivity index (χ1v) is 6.58. The van der Waals surface area contributed by atoms with E-state index in [1.165, 1.54) is 0 Å². The summed E-state index contributed by atoms with van der Waals surface area (Å²) in [5.41, 5.74) is 1.16. The summed E-state index contributed by atoms with van der Waals surface area (Å²) in [4.78, 5) is 23.0. The smallest absolute Gasteiger partial charge is 0.311 e. The Balaban J connectivity index is 1.68. The van der Waals surface area contributed by atoms with Gasteiger partial charge in [0.25, 0.3) is 5.91 Å². The number of amides is 1. The Bertz CT molecular complexity index is 646. The number of benzene rings is 1. The summed E-state index contributed by atoms with van der Waals surface area (Å²) in [7, 11) is 0. The molecule has 2 aliphatic rings. The van der Waals surface area contributed by atoms with Crippen LogP contribution in [0.15, 0.2) is 26.9 Å². The highest BCUT2D eigenvalue weighted by Crippen LogP contribution is 2.45. The van der Waals surface area contributed by atoms with E-state index < -0.39 is 11.4 Å². The Kier molecular flexibility index (Phi) is 2.70. The van der Waals surface area contributed by atoms with Crippen LogP contribution in [0.3, 0.4) is 0 Å². The number of hydrogen-bond acceptors (Lipinski definition) is 4. The van der Waals surface area contributed by atoms with Gasteiger partial charge in [-0.3, -0.25) is 9.59 Å². The molecule has 0 spiro atoms. The van der Waals surface area contributed by atoms with Crippen LogP contribution in [0.5, 0.6) is 0 Å². The summed E-state index contributed by atoms with van der Waals surface area (Å²) in [5, 5.41) is 11.7. The standard InChI is InChI=1S/C12H11N3O3S/c16-10(13-6-12(3-4-12)11(17)18)7-1-2-8-9(5-7)15-19-14-8/h1-2,5H,3-4,6H2,(H,13,16)(H,17,18). The molecule has 98 valence electrons. The Morgan fingerprint density at radius 1 is 1.32 bits per heavy atom. The summed E-state index contributed by atoms with van der Waals surface area (Å²) in [6, 6.07) is 5.06. The fourth-order valence-electron chi connectivity index (χ4n) is 1.89. The minimum atomic E-state index is -0.841. The van der Waals surface area contributed by atoms with E-state index in [9.17, 15) is 9.59 Å². The van der Waals surface area contributed by atoms with Gasteiger partial charge in [0.05, 0.1) is 16.8 Å². The molecular formula is C12H11N3O3S. The van der Waals surface area contributed by atoms with Crippen LogP contribution in [0, 0.1) is 5.41 Å². The molecule has 1 aromatic rings. The maximum atomic E-state index is 12.0. The number of carboxylic acid groups (broad SMARTS) is 1. The van der Waals surface area contributed by atoms with Gasteiger partial charge in [-0.1, -0.05) is 0 Å². The van der Waals surface area contributed by atoms with Crippen molar-refractivity contribution in [2.75, 3.05) is 6.54 Å². The summed E-state index contributed by atoms with van der Waals surface area (Å²) >= 11 is 1.10. The van der Waals surface area contributed by atoms with Crippen LogP contribution in [-0.2, 0) is 16.1 Å². The molecule has 19 heavy (non-hydrogen) atoms. The number of carboxylic acids is 1. The average Bonchev–Trinajstić information content (AvgIpc) is 3.06. The third-order valence-electron chi connectivity index (χ3n) is 3.41. The van der Waals surface area contributed by atoms with Gasteiger partial charge in [-0.25, -0.2) is 0 Å². The average molecular weight is 277 g/mol. The summed E-state index contributed by atoms with van der Waals surface area (Å²) < 4.78 is 8.13. The van der Waals surface area contributed by atoms with E-state index in [2.05, 4.69) is 14.0 Å². The van der Waals surface area contributed by atoms with Crippen molar-refractivity contribution >= 4 is 34.6 Å². The number of nitrogens with one attached hydrogen (secondary N) is 1. The normalized spacial score (nSPS) is 17.5. The van der Waals surface area contributed by atoms with Crippen LogP contribution in [0.4, 0.5) is 11.4 Å². The van der Waals surface area contributed by atoms with Gasteiger partial charge in [0, 0.05) is 12.1 Å². The third kappa shape index (κ3) is 2.17. The van der Waals surface area contributed by atoms with Crippen molar-refractivity contribution in [3.63, 3.8) is 0 Å². The number of carbonyl (C=O) groups is 2. The molecule has 0 unspecified atom stereocenters. The molecule has 2 N–H and O–H groups in total. The number of fused-ring (bicyclic) bond motifs is 1. The molecule has 1 heterocycles. The minimum absolute atomic E-state index is 0.175. The van der Waals surface area contributed by atoms with Crippen molar-refractivity contribution in [2.24, 2.45) is 14.1 Å². The first-order valence-electron chi connectivity index (χ1n) is 5.85. The minimum Gasteiger partial charge on any atom is -0.481 e. The van der Waals surface area contributed by atoms with Crippen molar-refractivity contribution in [1.29, 1.82) is 0 Å². The fourth-order valence-corrected chi connectivity index (χ4v) is 2.41. The fraction of sp³-hybridized carbons (Fsp3) is 0.333. The van der Waals surface area contributed by atoms with Crippen LogP contribution in [-0.4, -0.2) is 23.5 Å². The van der Waals surface area contributed by atoms with Crippen LogP contribution in [0.2, 0.25) is 0 Å². The highest BCUT2D eigenvalue weighted by Gasteiger charge is 2.50. The number of aliphatic carboxylic acids is 1. The monoisotopic (exact) mass is 277 g/mol. The van der Waals surface area contributed by atoms with E-state index in [4.69, 9.17) is 5.11 Å². The second-order valence-electron chi connectivity index (χ2n) is 4.74. The van der Waals surface area contributed by atoms with Crippen LogP contribution in [0.25, 0.3) is 0 Å². The molecule has 3 rings (SSSR count). The zero-order valence-electron chi connectivity index (χ0n) is 9.92. The number of rotatable bonds is 4. The lowest BCUT2D eigenvalue weighted by Crippen LogP contribution is -2.34. The van der Waals surface area contributed by atoms with Gasteiger partial charge in [-0.2, -0.15) is 8.73 Å². The molecule has 1 amide bonds. The molecule has 1 aliphatic heterocycles. The van der Waals surface area contributed by atoms with Gasteiger partial charge in [-0.15, -0.1) is 0 Å². The van der Waals surface area contributed by atoms with Gasteiger partial charge >= 0.3 is 5.97 Å². The largest absolute Gasteiger partial charge is 0.481 e. The molecule has 1 fully saturated rings. The predicted octanol–water partition coefficient (Wildman–Crippen LogP) is 2.01. The predicted molar refractivity (Wildman–Crippen MR) is 69.6 cm³/mol. The van der Waals surface area contributed by atoms with Gasteiger partial charge in [0.15, 0.2) is 0 Å². The van der Waals surface area contributed by atoms with Crippen molar-refractivity contribution in [1.82, 2.24) is 5.32 Å². The lowest BCUT2D eigenvalue weighted by Gasteiger charge is -2.11. The molecule has 0 saturated heterocycles. The van der Waals surface area contributed by atoms with E-state index in [0.29, 0.717) is 24.1 Å². The van der Waals surface area contributed by atoms with E-state index in [0.717, 1.165) is 17.0 Å². The highest BCUT2D eigenvalue weighted by molar-refractivity contribution is 7.58. The molecule has 6 nitrogen and oxygen atoms in total. The van der Waals surface area contributed by atoms with Crippen molar-refractivity contribution < 1.29 is 14.7 Å². The second-order valence-corrected chi connectivity index (χ2v) is 5.26. The van der Waals surface area contributed by atoms with Crippen LogP contribution < -0.4 is 5.32 Å². The molecular weight excluding hydrogens is 266 g/mol. The molecule has 1 aromatic carbocycles. The molecule has 0 aromatic heterocycles. The topological polar surface area (TPSA) is 91.1 Å². The molecule has 0 bridgehead atoms. The molecule has 1 aliphatic carbocycles. The van der Waals surface area contributed by atoms with Gasteiger partial charge in [0.1, 0.15) is 11.4 Å². The summed E-state index contributed by atoms with van der Waals surface area (Å²) in [5.74, 6) is -1.12. The van der Waals surface area contributed by atoms with E-state index >= 15 is 0 Å². The highest BCUT2D eigenvalue weighted by atomic mass is 32.1. The number of carbonyl (C=O) groups excluding carboxylic acids is 1. The molecule has 7 heteroatoms. The van der Waals surface area contributed by atoms with Crippen molar-refractivity contribution in [3.8, 4) is 0 Å². The Labute approximate surface area is 112 Å². The maximum Gasteiger partial charge on any atom is 0.311 e. The number of nitrogens with zero attached hydrogens (tertiary/aromatic N) is 2. The van der Waals surface area contributed by atoms with Gasteiger partial charge in [-0.05, 0) is 31.0 Å². The summed E-state index contributed by atoms with van der Waals surface area (Å²) in [6.07, 6.45) is 1.25.